The Morgan fingerprint density at radius 3 is 2.04 bits per heavy atom. The van der Waals surface area contributed by atoms with Crippen LogP contribution >= 0.6 is 15.9 Å². The third kappa shape index (κ3) is 5.05. The smallest absolute Gasteiger partial charge is 0.326 e. The lowest BCUT2D eigenvalue weighted by Gasteiger charge is -2.15. The molecule has 0 saturated heterocycles. The van der Waals surface area contributed by atoms with Crippen molar-refractivity contribution in [2.75, 3.05) is 0 Å². The lowest BCUT2D eigenvalue weighted by atomic mass is 10.0. The Kier molecular flexibility index (Phi) is 6.04. The molecule has 27 heavy (non-hydrogen) atoms. The summed E-state index contributed by atoms with van der Waals surface area (Å²) < 4.78 is 0.917. The van der Waals surface area contributed by atoms with Gasteiger partial charge in [0.05, 0.1) is 0 Å². The van der Waals surface area contributed by atoms with Crippen LogP contribution in [0.15, 0.2) is 83.3 Å². The molecule has 0 fully saturated rings. The summed E-state index contributed by atoms with van der Waals surface area (Å²) >= 11 is 3.35. The number of rotatable bonds is 6. The number of nitrogens with one attached hydrogen (secondary N) is 1. The van der Waals surface area contributed by atoms with Gasteiger partial charge in [0.15, 0.2) is 0 Å². The van der Waals surface area contributed by atoms with Crippen LogP contribution in [-0.2, 0) is 11.2 Å². The zero-order chi connectivity index (χ0) is 19.2. The second-order valence-corrected chi connectivity index (χ2v) is 7.05. The first kappa shape index (κ1) is 18.9. The van der Waals surface area contributed by atoms with Gasteiger partial charge in [0.1, 0.15) is 6.04 Å². The van der Waals surface area contributed by atoms with Crippen LogP contribution in [0.5, 0.6) is 0 Å². The minimum Gasteiger partial charge on any atom is -0.480 e. The normalized spacial score (nSPS) is 11.6. The van der Waals surface area contributed by atoms with Crippen molar-refractivity contribution >= 4 is 27.8 Å². The molecule has 1 atom stereocenters. The number of aliphatic carboxylic acids is 1. The molecule has 3 rings (SSSR count). The summed E-state index contributed by atoms with van der Waals surface area (Å²) in [5, 5.41) is 12.1. The van der Waals surface area contributed by atoms with Gasteiger partial charge in [-0.15, -0.1) is 0 Å². The molecule has 4 nitrogen and oxygen atoms in total. The molecule has 0 aliphatic heterocycles. The molecular weight excluding hydrogens is 406 g/mol. The van der Waals surface area contributed by atoms with E-state index in [2.05, 4.69) is 21.2 Å². The zero-order valence-corrected chi connectivity index (χ0v) is 16.0. The summed E-state index contributed by atoms with van der Waals surface area (Å²) in [6.45, 7) is 0. The molecule has 0 aliphatic rings. The van der Waals surface area contributed by atoms with Crippen LogP contribution in [-0.4, -0.2) is 23.0 Å². The number of amides is 1. The van der Waals surface area contributed by atoms with Crippen molar-refractivity contribution in [1.82, 2.24) is 5.32 Å². The predicted molar refractivity (Wildman–Crippen MR) is 109 cm³/mol. The number of carboxylic acids is 1. The molecule has 1 amide bonds. The summed E-state index contributed by atoms with van der Waals surface area (Å²) in [6.07, 6.45) is 0.219. The van der Waals surface area contributed by atoms with E-state index in [4.69, 9.17) is 0 Å². The van der Waals surface area contributed by atoms with Crippen molar-refractivity contribution in [3.63, 3.8) is 0 Å². The molecule has 3 aromatic rings. The largest absolute Gasteiger partial charge is 0.480 e. The van der Waals surface area contributed by atoms with Crippen LogP contribution in [0.25, 0.3) is 11.1 Å². The lowest BCUT2D eigenvalue weighted by Crippen LogP contribution is -2.42. The van der Waals surface area contributed by atoms with E-state index >= 15 is 0 Å². The Hall–Kier alpha value is -2.92. The van der Waals surface area contributed by atoms with Crippen LogP contribution in [0.3, 0.4) is 0 Å². The maximum atomic E-state index is 12.5. The Bertz CT molecular complexity index is 922. The van der Waals surface area contributed by atoms with Crippen LogP contribution < -0.4 is 5.32 Å². The van der Waals surface area contributed by atoms with Crippen LogP contribution in [0.4, 0.5) is 0 Å². The van der Waals surface area contributed by atoms with E-state index in [1.807, 2.05) is 66.7 Å². The molecule has 0 aromatic heterocycles. The number of halogens is 1. The highest BCUT2D eigenvalue weighted by Gasteiger charge is 2.21. The van der Waals surface area contributed by atoms with E-state index in [0.717, 1.165) is 21.2 Å². The highest BCUT2D eigenvalue weighted by Crippen LogP contribution is 2.19. The summed E-state index contributed by atoms with van der Waals surface area (Å²) in [7, 11) is 0. The van der Waals surface area contributed by atoms with E-state index in [9.17, 15) is 14.7 Å². The van der Waals surface area contributed by atoms with Crippen molar-refractivity contribution in [2.24, 2.45) is 0 Å². The van der Waals surface area contributed by atoms with Gasteiger partial charge in [0.2, 0.25) is 0 Å². The maximum Gasteiger partial charge on any atom is 0.326 e. The average molecular weight is 424 g/mol. The van der Waals surface area contributed by atoms with Crippen molar-refractivity contribution in [1.29, 1.82) is 0 Å². The Morgan fingerprint density at radius 1 is 0.852 bits per heavy atom. The molecule has 136 valence electrons. The van der Waals surface area contributed by atoms with Crippen LogP contribution in [0.1, 0.15) is 15.9 Å². The summed E-state index contributed by atoms with van der Waals surface area (Å²) in [5.41, 5.74) is 3.32. The fourth-order valence-corrected chi connectivity index (χ4v) is 3.01. The molecular formula is C22H18BrNO3. The molecule has 0 radical (unpaired) electrons. The minimum absolute atomic E-state index is 0.219. The first-order chi connectivity index (χ1) is 13.0. The van der Waals surface area contributed by atoms with Crippen LogP contribution in [0, 0.1) is 0 Å². The minimum atomic E-state index is -1.06. The maximum absolute atomic E-state index is 12.5. The van der Waals surface area contributed by atoms with Crippen molar-refractivity contribution < 1.29 is 14.7 Å². The topological polar surface area (TPSA) is 66.4 Å². The third-order valence-electron chi connectivity index (χ3n) is 4.21. The zero-order valence-electron chi connectivity index (χ0n) is 14.4. The van der Waals surface area contributed by atoms with Gasteiger partial charge in [-0.3, -0.25) is 4.79 Å². The van der Waals surface area contributed by atoms with Crippen molar-refractivity contribution in [3.05, 3.63) is 94.5 Å². The molecule has 0 heterocycles. The second kappa shape index (κ2) is 8.64. The van der Waals surface area contributed by atoms with Gasteiger partial charge in [-0.25, -0.2) is 4.79 Å². The van der Waals surface area contributed by atoms with Gasteiger partial charge in [-0.05, 0) is 41.0 Å². The monoisotopic (exact) mass is 423 g/mol. The average Bonchev–Trinajstić information content (AvgIpc) is 2.69. The number of benzene rings is 3. The lowest BCUT2D eigenvalue weighted by molar-refractivity contribution is -0.139. The summed E-state index contributed by atoms with van der Waals surface area (Å²) in [5.74, 6) is -1.47. The fourth-order valence-electron chi connectivity index (χ4n) is 2.74. The van der Waals surface area contributed by atoms with E-state index in [-0.39, 0.29) is 6.42 Å². The second-order valence-electron chi connectivity index (χ2n) is 6.14. The Balaban J connectivity index is 1.70. The molecule has 0 unspecified atom stereocenters. The predicted octanol–water partition coefficient (Wildman–Crippen LogP) is 4.54. The molecule has 5 heteroatoms. The van der Waals surface area contributed by atoms with Gasteiger partial charge in [0, 0.05) is 16.5 Å². The molecule has 0 spiro atoms. The van der Waals surface area contributed by atoms with Gasteiger partial charge < -0.3 is 10.4 Å². The highest BCUT2D eigenvalue weighted by atomic mass is 79.9. The Morgan fingerprint density at radius 2 is 1.44 bits per heavy atom. The van der Waals surface area contributed by atoms with Gasteiger partial charge >= 0.3 is 5.97 Å². The number of carbonyl (C=O) groups excluding carboxylic acids is 1. The third-order valence-corrected chi connectivity index (χ3v) is 4.74. The number of carbonyl (C=O) groups is 2. The number of hydrogen-bond acceptors (Lipinski definition) is 2. The van der Waals surface area contributed by atoms with Gasteiger partial charge in [-0.2, -0.15) is 0 Å². The summed E-state index contributed by atoms with van der Waals surface area (Å²) in [4.78, 5) is 24.0. The molecule has 0 bridgehead atoms. The Labute approximate surface area is 166 Å². The van der Waals surface area contributed by atoms with E-state index in [0.29, 0.717) is 5.56 Å². The van der Waals surface area contributed by atoms with Gasteiger partial charge in [-0.1, -0.05) is 70.5 Å². The quantitative estimate of drug-likeness (QED) is 0.611. The molecule has 0 saturated carbocycles. The first-order valence-electron chi connectivity index (χ1n) is 8.46. The van der Waals surface area contributed by atoms with E-state index < -0.39 is 17.9 Å². The molecule has 2 N–H and O–H groups in total. The van der Waals surface area contributed by atoms with Crippen LogP contribution in [0.2, 0.25) is 0 Å². The van der Waals surface area contributed by atoms with Crippen molar-refractivity contribution in [3.8, 4) is 11.1 Å². The summed E-state index contributed by atoms with van der Waals surface area (Å²) in [6, 6.07) is 23.3. The standard InChI is InChI=1S/C22H18BrNO3/c23-19-12-6-15(7-13-19)14-20(22(26)27)24-21(25)18-10-8-17(9-11-18)16-4-2-1-3-5-16/h1-13,20H,14H2,(H,24,25)(H,26,27)/t20-/m1/s1. The van der Waals surface area contributed by atoms with Gasteiger partial charge in [0.25, 0.3) is 5.91 Å². The van der Waals surface area contributed by atoms with E-state index in [1.54, 1.807) is 12.1 Å². The number of carboxylic acid groups (broad SMARTS) is 1. The highest BCUT2D eigenvalue weighted by molar-refractivity contribution is 9.10. The van der Waals surface area contributed by atoms with Crippen molar-refractivity contribution in [2.45, 2.75) is 12.5 Å². The number of hydrogen-bond donors (Lipinski definition) is 2. The SMILES string of the molecule is O=C(N[C@H](Cc1ccc(Br)cc1)C(=O)O)c1ccc(-c2ccccc2)cc1. The molecule has 3 aromatic carbocycles. The molecule has 0 aliphatic carbocycles. The first-order valence-corrected chi connectivity index (χ1v) is 9.26. The fraction of sp³-hybridized carbons (Fsp3) is 0.0909. The van der Waals surface area contributed by atoms with E-state index in [1.165, 1.54) is 0 Å².